The van der Waals surface area contributed by atoms with Gasteiger partial charge in [0.15, 0.2) is 17.3 Å². The third-order valence-electron chi connectivity index (χ3n) is 3.82. The molecule has 0 bridgehead atoms. The van der Waals surface area contributed by atoms with Crippen LogP contribution < -0.4 is 14.2 Å². The Hall–Kier alpha value is -3.46. The molecule has 0 saturated heterocycles. The van der Waals surface area contributed by atoms with Gasteiger partial charge in [-0.05, 0) is 55.0 Å². The largest absolute Gasteiger partial charge is 0.494 e. The first-order valence-corrected chi connectivity index (χ1v) is 9.24. The number of esters is 1. The molecule has 9 heteroatoms. The summed E-state index contributed by atoms with van der Waals surface area (Å²) in [5.74, 6) is 1.62. The highest BCUT2D eigenvalue weighted by Crippen LogP contribution is 2.28. The van der Waals surface area contributed by atoms with Crippen molar-refractivity contribution in [3.05, 3.63) is 52.8 Å². The third-order valence-corrected chi connectivity index (χ3v) is 4.08. The zero-order valence-corrected chi connectivity index (χ0v) is 17.0. The molecule has 0 atom stereocenters. The lowest BCUT2D eigenvalue weighted by Gasteiger charge is -2.08. The summed E-state index contributed by atoms with van der Waals surface area (Å²) in [6.07, 6.45) is 1.61. The van der Waals surface area contributed by atoms with Crippen molar-refractivity contribution in [1.29, 1.82) is 0 Å². The van der Waals surface area contributed by atoms with Crippen molar-refractivity contribution in [2.75, 3.05) is 13.7 Å². The molecule has 0 aliphatic heterocycles. The van der Waals surface area contributed by atoms with Gasteiger partial charge in [-0.15, -0.1) is 0 Å². The Balaban J connectivity index is 1.92. The molecule has 8 nitrogen and oxygen atoms in total. The maximum absolute atomic E-state index is 11.2. The number of carbonyl (C=O) groups is 1. The van der Waals surface area contributed by atoms with Crippen LogP contribution in [0.2, 0.25) is 0 Å². The maximum Gasteiger partial charge on any atom is 0.308 e. The van der Waals surface area contributed by atoms with Crippen LogP contribution in [0.25, 0.3) is 11.4 Å². The first kappa shape index (κ1) is 20.3. The second-order valence-electron chi connectivity index (χ2n) is 5.87. The first-order chi connectivity index (χ1) is 14.0. The highest BCUT2D eigenvalue weighted by atomic mass is 32.1. The van der Waals surface area contributed by atoms with E-state index in [1.54, 1.807) is 24.4 Å². The summed E-state index contributed by atoms with van der Waals surface area (Å²) >= 11 is 5.31. The smallest absolute Gasteiger partial charge is 0.308 e. The number of nitrogens with one attached hydrogen (secondary N) is 1. The fourth-order valence-corrected chi connectivity index (χ4v) is 2.78. The van der Waals surface area contributed by atoms with Gasteiger partial charge in [0.1, 0.15) is 5.75 Å². The van der Waals surface area contributed by atoms with Crippen molar-refractivity contribution >= 4 is 24.4 Å². The number of carbonyl (C=O) groups excluding carboxylic acids is 1. The molecule has 1 N–H and O–H groups in total. The summed E-state index contributed by atoms with van der Waals surface area (Å²) in [6, 6.07) is 12.6. The Morgan fingerprint density at radius 2 is 2.10 bits per heavy atom. The molecule has 3 rings (SSSR count). The lowest BCUT2D eigenvalue weighted by Crippen LogP contribution is -2.03. The fraction of sp³-hybridized carbons (Fsp3) is 0.200. The van der Waals surface area contributed by atoms with E-state index in [-0.39, 0.29) is 0 Å². The normalized spacial score (nSPS) is 10.9. The van der Waals surface area contributed by atoms with Crippen LogP contribution in [0.3, 0.4) is 0 Å². The number of rotatable bonds is 7. The molecule has 1 heterocycles. The molecule has 0 unspecified atom stereocenters. The van der Waals surface area contributed by atoms with Crippen LogP contribution in [0.4, 0.5) is 0 Å². The molecule has 0 spiro atoms. The van der Waals surface area contributed by atoms with E-state index in [9.17, 15) is 4.79 Å². The lowest BCUT2D eigenvalue weighted by atomic mass is 10.2. The Kier molecular flexibility index (Phi) is 6.40. The summed E-state index contributed by atoms with van der Waals surface area (Å²) in [5.41, 5.74) is 1.54. The van der Waals surface area contributed by atoms with Gasteiger partial charge in [-0.2, -0.15) is 14.9 Å². The van der Waals surface area contributed by atoms with Gasteiger partial charge in [0, 0.05) is 12.5 Å². The zero-order valence-electron chi connectivity index (χ0n) is 16.2. The van der Waals surface area contributed by atoms with Gasteiger partial charge in [0.25, 0.3) is 0 Å². The first-order valence-electron chi connectivity index (χ1n) is 8.83. The molecule has 0 amide bonds. The van der Waals surface area contributed by atoms with Crippen LogP contribution in [0.1, 0.15) is 19.4 Å². The van der Waals surface area contributed by atoms with Crippen LogP contribution in [-0.2, 0) is 4.79 Å². The van der Waals surface area contributed by atoms with Crippen molar-refractivity contribution < 1.29 is 19.0 Å². The third kappa shape index (κ3) is 4.88. The maximum atomic E-state index is 11.2. The second-order valence-corrected chi connectivity index (χ2v) is 6.26. The lowest BCUT2D eigenvalue weighted by molar-refractivity contribution is -0.132. The Morgan fingerprint density at radius 1 is 1.28 bits per heavy atom. The molecule has 0 radical (unpaired) electrons. The number of ether oxygens (including phenoxy) is 3. The van der Waals surface area contributed by atoms with Crippen LogP contribution in [0.15, 0.2) is 47.6 Å². The molecule has 0 fully saturated rings. The van der Waals surface area contributed by atoms with E-state index in [2.05, 4.69) is 15.3 Å². The predicted molar refractivity (Wildman–Crippen MR) is 111 cm³/mol. The number of hydrogen-bond acceptors (Lipinski definition) is 7. The van der Waals surface area contributed by atoms with Crippen molar-refractivity contribution in [3.8, 4) is 28.6 Å². The van der Waals surface area contributed by atoms with E-state index < -0.39 is 5.97 Å². The fourth-order valence-electron chi connectivity index (χ4n) is 2.61. The number of nitrogens with zero attached hydrogens (tertiary/aromatic N) is 3. The average molecular weight is 412 g/mol. The van der Waals surface area contributed by atoms with Gasteiger partial charge >= 0.3 is 5.97 Å². The molecule has 2 aromatic carbocycles. The molecular weight excluding hydrogens is 392 g/mol. The van der Waals surface area contributed by atoms with Gasteiger partial charge in [-0.25, -0.2) is 5.10 Å². The summed E-state index contributed by atoms with van der Waals surface area (Å²) in [7, 11) is 1.50. The standard InChI is InChI=1S/C20H20N4O4S/c1-4-27-16-7-5-6-15(11-16)19-22-23-20(29)24(19)21-12-14-8-9-17(28-13(2)25)18(10-14)26-3/h5-12H,4H2,1-3H3,(H,23,29). The van der Waals surface area contributed by atoms with Crippen LogP contribution in [-0.4, -0.2) is 40.8 Å². The van der Waals surface area contributed by atoms with E-state index in [0.29, 0.717) is 28.7 Å². The van der Waals surface area contributed by atoms with Gasteiger partial charge < -0.3 is 14.2 Å². The molecular formula is C20H20N4O4S. The molecule has 29 heavy (non-hydrogen) atoms. The van der Waals surface area contributed by atoms with Gasteiger partial charge in [0.05, 0.1) is 19.9 Å². The van der Waals surface area contributed by atoms with E-state index in [0.717, 1.165) is 16.9 Å². The Morgan fingerprint density at radius 3 is 2.83 bits per heavy atom. The molecule has 0 aliphatic carbocycles. The summed E-state index contributed by atoms with van der Waals surface area (Å²) in [6.45, 7) is 3.82. The predicted octanol–water partition coefficient (Wildman–Crippen LogP) is 3.82. The van der Waals surface area contributed by atoms with Crippen LogP contribution in [0, 0.1) is 4.77 Å². The summed E-state index contributed by atoms with van der Waals surface area (Å²) in [4.78, 5) is 11.2. The van der Waals surface area contributed by atoms with Gasteiger partial charge in [0.2, 0.25) is 4.77 Å². The van der Waals surface area contributed by atoms with Crippen LogP contribution in [0.5, 0.6) is 17.2 Å². The van der Waals surface area contributed by atoms with Crippen molar-refractivity contribution in [3.63, 3.8) is 0 Å². The number of aromatic nitrogens is 3. The number of methoxy groups -OCH3 is 1. The molecule has 3 aromatic rings. The molecule has 0 aliphatic rings. The topological polar surface area (TPSA) is 90.7 Å². The number of aromatic amines is 1. The second kappa shape index (κ2) is 9.16. The van der Waals surface area contributed by atoms with E-state index >= 15 is 0 Å². The quantitative estimate of drug-likeness (QED) is 0.275. The monoisotopic (exact) mass is 412 g/mol. The van der Waals surface area contributed by atoms with Crippen molar-refractivity contribution in [2.24, 2.45) is 5.10 Å². The highest BCUT2D eigenvalue weighted by molar-refractivity contribution is 7.71. The van der Waals surface area contributed by atoms with E-state index in [4.69, 9.17) is 26.4 Å². The van der Waals surface area contributed by atoms with Crippen LogP contribution >= 0.6 is 12.2 Å². The van der Waals surface area contributed by atoms with E-state index in [1.165, 1.54) is 18.7 Å². The van der Waals surface area contributed by atoms with Crippen molar-refractivity contribution in [1.82, 2.24) is 14.9 Å². The number of benzene rings is 2. The molecule has 1 aromatic heterocycles. The minimum Gasteiger partial charge on any atom is -0.494 e. The van der Waals surface area contributed by atoms with E-state index in [1.807, 2.05) is 31.2 Å². The summed E-state index contributed by atoms with van der Waals surface area (Å²) in [5, 5.41) is 11.5. The Labute approximate surface area is 172 Å². The number of hydrogen-bond donors (Lipinski definition) is 1. The molecule has 0 saturated carbocycles. The minimum atomic E-state index is -0.423. The van der Waals surface area contributed by atoms with Gasteiger partial charge in [-0.1, -0.05) is 12.1 Å². The zero-order chi connectivity index (χ0) is 20.8. The average Bonchev–Trinajstić information content (AvgIpc) is 3.07. The number of H-pyrrole nitrogens is 1. The highest BCUT2D eigenvalue weighted by Gasteiger charge is 2.10. The summed E-state index contributed by atoms with van der Waals surface area (Å²) < 4.78 is 17.8. The SMILES string of the molecule is CCOc1cccc(-c2n[nH]c(=S)n2N=Cc2ccc(OC(C)=O)c(OC)c2)c1. The minimum absolute atomic E-state index is 0.338. The van der Waals surface area contributed by atoms with Crippen molar-refractivity contribution in [2.45, 2.75) is 13.8 Å². The Bertz CT molecular complexity index is 1100. The van der Waals surface area contributed by atoms with Gasteiger partial charge in [-0.3, -0.25) is 4.79 Å². The molecule has 150 valence electrons.